The number of halogens is 1. The summed E-state index contributed by atoms with van der Waals surface area (Å²) in [5.41, 5.74) is 1.56. The first kappa shape index (κ1) is 12.9. The average Bonchev–Trinajstić information content (AvgIpc) is 3.17. The van der Waals surface area contributed by atoms with Crippen molar-refractivity contribution in [2.45, 2.75) is 32.2 Å². The molecular weight excluding hydrogens is 248 g/mol. The molecule has 0 radical (unpaired) electrons. The number of amides is 1. The van der Waals surface area contributed by atoms with E-state index in [1.807, 2.05) is 17.9 Å². The van der Waals surface area contributed by atoms with Gasteiger partial charge in [-0.1, -0.05) is 11.6 Å². The quantitative estimate of drug-likeness (QED) is 0.837. The van der Waals surface area contributed by atoms with Gasteiger partial charge in [0.2, 0.25) is 0 Å². The molecule has 1 saturated carbocycles. The zero-order valence-corrected chi connectivity index (χ0v) is 11.1. The highest BCUT2D eigenvalue weighted by Crippen LogP contribution is 2.29. The fraction of sp³-hybridized carbons (Fsp3) is 0.429. The number of aryl methyl sites for hydroxylation is 1. The summed E-state index contributed by atoms with van der Waals surface area (Å²) < 4.78 is 0. The first-order valence-electron chi connectivity index (χ1n) is 6.07. The average molecular weight is 263 g/mol. The molecule has 0 heterocycles. The van der Waals surface area contributed by atoms with Gasteiger partial charge >= 0.3 is 0 Å². The van der Waals surface area contributed by atoms with Crippen molar-refractivity contribution < 1.29 is 4.79 Å². The molecule has 1 aromatic rings. The minimum Gasteiger partial charge on any atom is -0.335 e. The van der Waals surface area contributed by atoms with E-state index in [-0.39, 0.29) is 5.91 Å². The number of carbonyl (C=O) groups excluding carboxylic acids is 1. The number of carbonyl (C=O) groups is 1. The van der Waals surface area contributed by atoms with Crippen LogP contribution in [0.4, 0.5) is 0 Å². The van der Waals surface area contributed by atoms with Gasteiger partial charge in [0.25, 0.3) is 5.91 Å². The second-order valence-corrected chi connectivity index (χ2v) is 5.01. The Morgan fingerprint density at radius 2 is 2.28 bits per heavy atom. The predicted octanol–water partition coefficient (Wildman–Crippen LogP) is 3.17. The monoisotopic (exact) mass is 262 g/mol. The summed E-state index contributed by atoms with van der Waals surface area (Å²) in [6.07, 6.45) is 2.47. The SMILES string of the molecule is Cc1cc(C(=O)N(CCC#N)C2CC2)ccc1Cl. The van der Waals surface area contributed by atoms with E-state index in [1.54, 1.807) is 12.1 Å². The number of hydrogen-bond acceptors (Lipinski definition) is 2. The molecule has 0 saturated heterocycles. The lowest BCUT2D eigenvalue weighted by atomic mass is 10.1. The van der Waals surface area contributed by atoms with Crippen LogP contribution in [0.1, 0.15) is 35.2 Å². The molecule has 0 aromatic heterocycles. The Morgan fingerprint density at radius 1 is 1.56 bits per heavy atom. The second kappa shape index (κ2) is 5.41. The third kappa shape index (κ3) is 2.83. The summed E-state index contributed by atoms with van der Waals surface area (Å²) in [5.74, 6) is 0.00696. The lowest BCUT2D eigenvalue weighted by molar-refractivity contribution is 0.0747. The molecule has 0 bridgehead atoms. The van der Waals surface area contributed by atoms with Gasteiger partial charge in [0.1, 0.15) is 0 Å². The Morgan fingerprint density at radius 3 is 2.83 bits per heavy atom. The van der Waals surface area contributed by atoms with Crippen LogP contribution < -0.4 is 0 Å². The van der Waals surface area contributed by atoms with E-state index in [1.165, 1.54) is 0 Å². The van der Waals surface area contributed by atoms with E-state index < -0.39 is 0 Å². The van der Waals surface area contributed by atoms with Gasteiger partial charge in [-0.3, -0.25) is 4.79 Å². The van der Waals surface area contributed by atoms with Crippen LogP contribution >= 0.6 is 11.6 Å². The fourth-order valence-electron chi connectivity index (χ4n) is 1.95. The van der Waals surface area contributed by atoms with Gasteiger partial charge in [0, 0.05) is 23.2 Å². The number of nitrogens with zero attached hydrogens (tertiary/aromatic N) is 2. The Kier molecular flexibility index (Phi) is 3.88. The summed E-state index contributed by atoms with van der Waals surface area (Å²) in [5, 5.41) is 9.31. The number of benzene rings is 1. The van der Waals surface area contributed by atoms with E-state index in [4.69, 9.17) is 16.9 Å². The van der Waals surface area contributed by atoms with E-state index in [2.05, 4.69) is 6.07 Å². The van der Waals surface area contributed by atoms with Crippen molar-refractivity contribution >= 4 is 17.5 Å². The van der Waals surface area contributed by atoms with Gasteiger partial charge in [-0.05, 0) is 43.5 Å². The van der Waals surface area contributed by atoms with Gasteiger partial charge in [0.15, 0.2) is 0 Å². The van der Waals surface area contributed by atoms with Crippen LogP contribution in [-0.4, -0.2) is 23.4 Å². The smallest absolute Gasteiger partial charge is 0.254 e. The highest BCUT2D eigenvalue weighted by molar-refractivity contribution is 6.31. The molecule has 1 fully saturated rings. The van der Waals surface area contributed by atoms with Gasteiger partial charge in [-0.15, -0.1) is 0 Å². The number of nitriles is 1. The molecule has 0 atom stereocenters. The highest BCUT2D eigenvalue weighted by Gasteiger charge is 2.32. The van der Waals surface area contributed by atoms with E-state index in [9.17, 15) is 4.79 Å². The van der Waals surface area contributed by atoms with Crippen molar-refractivity contribution in [2.24, 2.45) is 0 Å². The van der Waals surface area contributed by atoms with Crippen molar-refractivity contribution in [3.8, 4) is 6.07 Å². The largest absolute Gasteiger partial charge is 0.335 e. The van der Waals surface area contributed by atoms with Crippen molar-refractivity contribution in [3.63, 3.8) is 0 Å². The number of rotatable bonds is 4. The summed E-state index contributed by atoms with van der Waals surface area (Å²) in [4.78, 5) is 14.2. The Labute approximate surface area is 112 Å². The van der Waals surface area contributed by atoms with Gasteiger partial charge in [-0.25, -0.2) is 0 Å². The summed E-state index contributed by atoms with van der Waals surface area (Å²) in [7, 11) is 0. The molecule has 0 unspecified atom stereocenters. The summed E-state index contributed by atoms with van der Waals surface area (Å²) in [6, 6.07) is 7.72. The van der Waals surface area contributed by atoms with E-state index in [0.717, 1.165) is 18.4 Å². The fourth-order valence-corrected chi connectivity index (χ4v) is 2.07. The second-order valence-electron chi connectivity index (χ2n) is 4.60. The van der Waals surface area contributed by atoms with E-state index >= 15 is 0 Å². The highest BCUT2D eigenvalue weighted by atomic mass is 35.5. The molecule has 1 aromatic carbocycles. The molecular formula is C14H15ClN2O. The zero-order valence-electron chi connectivity index (χ0n) is 10.3. The Bertz CT molecular complexity index is 503. The molecule has 2 rings (SSSR count). The maximum atomic E-state index is 12.4. The molecule has 18 heavy (non-hydrogen) atoms. The van der Waals surface area contributed by atoms with E-state index in [0.29, 0.717) is 29.6 Å². The van der Waals surface area contributed by atoms with Crippen LogP contribution in [-0.2, 0) is 0 Å². The maximum Gasteiger partial charge on any atom is 0.254 e. The molecule has 4 heteroatoms. The topological polar surface area (TPSA) is 44.1 Å². The predicted molar refractivity (Wildman–Crippen MR) is 70.5 cm³/mol. The lowest BCUT2D eigenvalue weighted by Gasteiger charge is -2.21. The lowest BCUT2D eigenvalue weighted by Crippen LogP contribution is -2.33. The zero-order chi connectivity index (χ0) is 13.1. The van der Waals surface area contributed by atoms with Crippen LogP contribution in [0, 0.1) is 18.3 Å². The van der Waals surface area contributed by atoms with Gasteiger partial charge in [-0.2, -0.15) is 5.26 Å². The van der Waals surface area contributed by atoms with Crippen LogP contribution in [0.3, 0.4) is 0 Å². The van der Waals surface area contributed by atoms with Crippen LogP contribution in [0.25, 0.3) is 0 Å². The summed E-state index contributed by atoms with van der Waals surface area (Å²) >= 11 is 5.96. The molecule has 1 aliphatic carbocycles. The minimum absolute atomic E-state index is 0.00696. The molecule has 3 nitrogen and oxygen atoms in total. The van der Waals surface area contributed by atoms with Gasteiger partial charge < -0.3 is 4.90 Å². The van der Waals surface area contributed by atoms with Crippen molar-refractivity contribution in [2.75, 3.05) is 6.54 Å². The normalized spacial score (nSPS) is 14.1. The molecule has 94 valence electrons. The standard InChI is InChI=1S/C14H15ClN2O/c1-10-9-11(3-6-13(10)15)14(18)17(8-2-7-16)12-4-5-12/h3,6,9,12H,2,4-5,8H2,1H3. The number of hydrogen-bond donors (Lipinski definition) is 0. The Balaban J connectivity index is 2.17. The molecule has 0 aliphatic heterocycles. The van der Waals surface area contributed by atoms with Crippen molar-refractivity contribution in [3.05, 3.63) is 34.3 Å². The van der Waals surface area contributed by atoms with Crippen LogP contribution in [0.15, 0.2) is 18.2 Å². The Hall–Kier alpha value is -1.53. The maximum absolute atomic E-state index is 12.4. The van der Waals surface area contributed by atoms with Crippen molar-refractivity contribution in [1.29, 1.82) is 5.26 Å². The molecule has 1 aliphatic rings. The first-order chi connectivity index (χ1) is 8.63. The third-order valence-electron chi connectivity index (χ3n) is 3.12. The third-order valence-corrected chi connectivity index (χ3v) is 3.54. The van der Waals surface area contributed by atoms with Gasteiger partial charge in [0.05, 0.1) is 12.5 Å². The van der Waals surface area contributed by atoms with Crippen LogP contribution in [0.5, 0.6) is 0 Å². The summed E-state index contributed by atoms with van der Waals surface area (Å²) in [6.45, 7) is 2.40. The minimum atomic E-state index is 0.00696. The first-order valence-corrected chi connectivity index (χ1v) is 6.45. The van der Waals surface area contributed by atoms with Crippen LogP contribution in [0.2, 0.25) is 5.02 Å². The molecule has 0 N–H and O–H groups in total. The molecule has 1 amide bonds. The molecule has 0 spiro atoms. The van der Waals surface area contributed by atoms with Crippen molar-refractivity contribution in [1.82, 2.24) is 4.90 Å².